The van der Waals surface area contributed by atoms with E-state index >= 15 is 0 Å². The first-order valence-electron chi connectivity index (χ1n) is 6.03. The Kier molecular flexibility index (Phi) is 4.55. The smallest absolute Gasteiger partial charge is 0.139 e. The molecule has 0 aliphatic carbocycles. The van der Waals surface area contributed by atoms with Crippen LogP contribution in [-0.4, -0.2) is 19.2 Å². The fraction of sp³-hybridized carbons (Fsp3) is 0.538. The molecule has 1 N–H and O–H groups in total. The molecule has 2 rings (SSSR count). The van der Waals surface area contributed by atoms with Gasteiger partial charge in [0.15, 0.2) is 0 Å². The van der Waals surface area contributed by atoms with Gasteiger partial charge in [0.05, 0.1) is 5.02 Å². The van der Waals surface area contributed by atoms with Crippen LogP contribution in [0, 0.1) is 5.92 Å². The second-order valence-electron chi connectivity index (χ2n) is 4.37. The van der Waals surface area contributed by atoms with Gasteiger partial charge in [0, 0.05) is 12.5 Å². The van der Waals surface area contributed by atoms with Gasteiger partial charge in [0.2, 0.25) is 0 Å². The van der Waals surface area contributed by atoms with Crippen LogP contribution in [0.2, 0.25) is 10.0 Å². The van der Waals surface area contributed by atoms with E-state index in [4.69, 9.17) is 27.9 Å². The highest BCUT2D eigenvalue weighted by Gasteiger charge is 2.25. The maximum absolute atomic E-state index is 6.13. The molecule has 1 aromatic rings. The van der Waals surface area contributed by atoms with Crippen molar-refractivity contribution in [1.82, 2.24) is 5.32 Å². The van der Waals surface area contributed by atoms with Gasteiger partial charge in [0.1, 0.15) is 16.9 Å². The summed E-state index contributed by atoms with van der Waals surface area (Å²) >= 11 is 12.1. The monoisotopic (exact) mass is 273 g/mol. The summed E-state index contributed by atoms with van der Waals surface area (Å²) in [5.41, 5.74) is 0. The standard InChI is InChI=1S/C13H17Cl2NO/c1-2-11(9-6-7-16-8-9)17-12-5-3-4-10(14)13(12)15/h3-5,9,11,16H,2,6-8H2,1H3. The second-order valence-corrected chi connectivity index (χ2v) is 5.15. The molecule has 0 saturated carbocycles. The molecule has 2 nitrogen and oxygen atoms in total. The molecule has 1 heterocycles. The molecule has 0 bridgehead atoms. The molecule has 2 atom stereocenters. The first-order valence-corrected chi connectivity index (χ1v) is 6.79. The predicted octanol–water partition coefficient (Wildman–Crippen LogP) is 3.76. The van der Waals surface area contributed by atoms with Gasteiger partial charge in [0.25, 0.3) is 0 Å². The molecule has 1 saturated heterocycles. The minimum Gasteiger partial charge on any atom is -0.488 e. The van der Waals surface area contributed by atoms with Gasteiger partial charge in [-0.3, -0.25) is 0 Å². The zero-order valence-electron chi connectivity index (χ0n) is 9.88. The summed E-state index contributed by atoms with van der Waals surface area (Å²) in [6, 6.07) is 5.51. The van der Waals surface area contributed by atoms with Crippen LogP contribution in [0.25, 0.3) is 0 Å². The second kappa shape index (κ2) is 5.94. The summed E-state index contributed by atoms with van der Waals surface area (Å²) in [5, 5.41) is 4.42. The number of halogens is 2. The Bertz CT molecular complexity index is 378. The van der Waals surface area contributed by atoms with Crippen molar-refractivity contribution >= 4 is 23.2 Å². The van der Waals surface area contributed by atoms with Crippen LogP contribution in [0.4, 0.5) is 0 Å². The van der Waals surface area contributed by atoms with E-state index < -0.39 is 0 Å². The summed E-state index contributed by atoms with van der Waals surface area (Å²) in [6.07, 6.45) is 2.35. The van der Waals surface area contributed by atoms with Gasteiger partial charge in [-0.15, -0.1) is 0 Å². The Hall–Kier alpha value is -0.440. The van der Waals surface area contributed by atoms with Crippen LogP contribution in [0.5, 0.6) is 5.75 Å². The Morgan fingerprint density at radius 2 is 2.29 bits per heavy atom. The Labute approximate surface area is 112 Å². The fourth-order valence-corrected chi connectivity index (χ4v) is 2.58. The predicted molar refractivity (Wildman–Crippen MR) is 72.1 cm³/mol. The highest BCUT2D eigenvalue weighted by Crippen LogP contribution is 2.33. The third-order valence-electron chi connectivity index (χ3n) is 3.22. The summed E-state index contributed by atoms with van der Waals surface area (Å²) in [4.78, 5) is 0. The molecule has 0 aromatic heterocycles. The molecule has 2 unspecified atom stereocenters. The van der Waals surface area contributed by atoms with Gasteiger partial charge in [-0.1, -0.05) is 36.2 Å². The lowest BCUT2D eigenvalue weighted by Crippen LogP contribution is -2.28. The highest BCUT2D eigenvalue weighted by atomic mass is 35.5. The lowest BCUT2D eigenvalue weighted by atomic mass is 9.99. The highest BCUT2D eigenvalue weighted by molar-refractivity contribution is 6.42. The zero-order valence-corrected chi connectivity index (χ0v) is 11.4. The molecule has 0 spiro atoms. The number of ether oxygens (including phenoxy) is 1. The lowest BCUT2D eigenvalue weighted by molar-refractivity contribution is 0.138. The molecule has 1 aliphatic heterocycles. The molecule has 0 amide bonds. The van der Waals surface area contributed by atoms with E-state index in [1.54, 1.807) is 6.07 Å². The average molecular weight is 274 g/mol. The van der Waals surface area contributed by atoms with Crippen molar-refractivity contribution in [2.45, 2.75) is 25.9 Å². The molecule has 17 heavy (non-hydrogen) atoms. The molecular weight excluding hydrogens is 257 g/mol. The van der Waals surface area contributed by atoms with Crippen molar-refractivity contribution in [1.29, 1.82) is 0 Å². The van der Waals surface area contributed by atoms with E-state index in [1.807, 2.05) is 12.1 Å². The lowest BCUT2D eigenvalue weighted by Gasteiger charge is -2.23. The van der Waals surface area contributed by atoms with Crippen LogP contribution in [-0.2, 0) is 0 Å². The topological polar surface area (TPSA) is 21.3 Å². The SMILES string of the molecule is CCC(Oc1cccc(Cl)c1Cl)C1CCNC1. The minimum absolute atomic E-state index is 0.209. The van der Waals surface area contributed by atoms with Crippen molar-refractivity contribution in [2.24, 2.45) is 5.92 Å². The number of nitrogens with one attached hydrogen (secondary N) is 1. The van der Waals surface area contributed by atoms with Crippen LogP contribution in [0.15, 0.2) is 18.2 Å². The first-order chi connectivity index (χ1) is 8.22. The summed E-state index contributed by atoms with van der Waals surface area (Å²) in [7, 11) is 0. The first kappa shape index (κ1) is 13.0. The average Bonchev–Trinajstić information content (AvgIpc) is 2.85. The van der Waals surface area contributed by atoms with Crippen molar-refractivity contribution in [3.63, 3.8) is 0 Å². The molecule has 1 aliphatic rings. The van der Waals surface area contributed by atoms with E-state index in [2.05, 4.69) is 12.2 Å². The van der Waals surface area contributed by atoms with E-state index in [0.29, 0.717) is 21.7 Å². The van der Waals surface area contributed by atoms with Crippen molar-refractivity contribution < 1.29 is 4.74 Å². The fourth-order valence-electron chi connectivity index (χ4n) is 2.25. The summed E-state index contributed by atoms with van der Waals surface area (Å²) < 4.78 is 6.00. The Morgan fingerprint density at radius 3 is 2.94 bits per heavy atom. The van der Waals surface area contributed by atoms with E-state index in [0.717, 1.165) is 25.9 Å². The van der Waals surface area contributed by atoms with E-state index in [1.165, 1.54) is 0 Å². The molecule has 94 valence electrons. The van der Waals surface area contributed by atoms with Gasteiger partial charge in [-0.05, 0) is 31.5 Å². The van der Waals surface area contributed by atoms with Gasteiger partial charge in [-0.25, -0.2) is 0 Å². The molecule has 0 radical (unpaired) electrons. The maximum atomic E-state index is 6.13. The number of hydrogen-bond acceptors (Lipinski definition) is 2. The number of benzene rings is 1. The Balaban J connectivity index is 2.09. The quantitative estimate of drug-likeness (QED) is 0.902. The number of rotatable bonds is 4. The number of hydrogen-bond donors (Lipinski definition) is 1. The molecular formula is C13H17Cl2NO. The largest absolute Gasteiger partial charge is 0.488 e. The van der Waals surface area contributed by atoms with Crippen LogP contribution < -0.4 is 10.1 Å². The van der Waals surface area contributed by atoms with Gasteiger partial charge in [-0.2, -0.15) is 0 Å². The Morgan fingerprint density at radius 1 is 1.47 bits per heavy atom. The maximum Gasteiger partial charge on any atom is 0.139 e. The van der Waals surface area contributed by atoms with Crippen molar-refractivity contribution in [3.05, 3.63) is 28.2 Å². The summed E-state index contributed by atoms with van der Waals surface area (Å²) in [6.45, 7) is 4.24. The van der Waals surface area contributed by atoms with Crippen LogP contribution in [0.1, 0.15) is 19.8 Å². The van der Waals surface area contributed by atoms with E-state index in [-0.39, 0.29) is 6.10 Å². The summed E-state index contributed by atoms with van der Waals surface area (Å²) in [5.74, 6) is 1.26. The van der Waals surface area contributed by atoms with Gasteiger partial charge >= 0.3 is 0 Å². The normalized spacial score (nSPS) is 21.5. The third kappa shape index (κ3) is 3.06. The van der Waals surface area contributed by atoms with Crippen LogP contribution >= 0.6 is 23.2 Å². The molecule has 4 heteroatoms. The van der Waals surface area contributed by atoms with Crippen molar-refractivity contribution in [2.75, 3.05) is 13.1 Å². The molecule has 1 fully saturated rings. The van der Waals surface area contributed by atoms with Gasteiger partial charge < -0.3 is 10.1 Å². The zero-order chi connectivity index (χ0) is 12.3. The minimum atomic E-state index is 0.209. The van der Waals surface area contributed by atoms with Crippen LogP contribution in [0.3, 0.4) is 0 Å². The molecule has 1 aromatic carbocycles. The third-order valence-corrected chi connectivity index (χ3v) is 4.02. The van der Waals surface area contributed by atoms with E-state index in [9.17, 15) is 0 Å². The van der Waals surface area contributed by atoms with Crippen molar-refractivity contribution in [3.8, 4) is 5.75 Å².